The summed E-state index contributed by atoms with van der Waals surface area (Å²) in [6.45, 7) is 0. The van der Waals surface area contributed by atoms with Gasteiger partial charge in [0.15, 0.2) is 5.82 Å². The van der Waals surface area contributed by atoms with Crippen LogP contribution in [0.5, 0.6) is 0 Å². The highest BCUT2D eigenvalue weighted by atomic mass is 19.1. The van der Waals surface area contributed by atoms with Gasteiger partial charge in [0.05, 0.1) is 23.4 Å². The van der Waals surface area contributed by atoms with E-state index in [0.717, 1.165) is 0 Å². The van der Waals surface area contributed by atoms with Crippen LogP contribution in [-0.2, 0) is 13.5 Å². The molecule has 4 aromatic rings. The van der Waals surface area contributed by atoms with Gasteiger partial charge in [-0.1, -0.05) is 0 Å². The van der Waals surface area contributed by atoms with Gasteiger partial charge in [-0.25, -0.2) is 18.8 Å². The van der Waals surface area contributed by atoms with E-state index in [1.54, 1.807) is 31.4 Å². The summed E-state index contributed by atoms with van der Waals surface area (Å²) in [5.74, 6) is -0.845. The molecule has 4 rings (SSSR count). The average molecular weight is 447 g/mol. The van der Waals surface area contributed by atoms with Gasteiger partial charge in [-0.3, -0.25) is 9.78 Å². The van der Waals surface area contributed by atoms with Gasteiger partial charge in [0.25, 0.3) is 0 Å². The van der Waals surface area contributed by atoms with Gasteiger partial charge in [0.2, 0.25) is 11.5 Å². The number of amidine groups is 1. The molecule has 0 unspecified atom stereocenters. The van der Waals surface area contributed by atoms with Crippen molar-refractivity contribution < 1.29 is 8.78 Å². The maximum atomic E-state index is 14.0. The zero-order valence-electron chi connectivity index (χ0n) is 17.5. The molecule has 0 amide bonds. The Hall–Kier alpha value is -4.47. The molecule has 33 heavy (non-hydrogen) atoms. The van der Waals surface area contributed by atoms with Crippen LogP contribution in [0.25, 0.3) is 22.4 Å². The molecule has 0 fully saturated rings. The predicted octanol–water partition coefficient (Wildman–Crippen LogP) is 3.00. The summed E-state index contributed by atoms with van der Waals surface area (Å²) in [6, 6.07) is 11.4. The van der Waals surface area contributed by atoms with Crippen LogP contribution in [0.4, 0.5) is 20.5 Å². The standard InChI is InChI=1S/C23H19F2N7O/c1-32-12-14(6-9-19(32)33)20-21(13-4-7-15(24)8-5-13)30-23(27)31-22(20)29-18(26)11-17-16(25)3-2-10-28-17/h2-10,12H,11H2,1H3,(H4,26,27,29,30,31). The molecular weight excluding hydrogens is 428 g/mol. The molecule has 0 radical (unpaired) electrons. The fourth-order valence-electron chi connectivity index (χ4n) is 3.27. The first-order chi connectivity index (χ1) is 15.8. The van der Waals surface area contributed by atoms with Crippen molar-refractivity contribution in [2.24, 2.45) is 17.8 Å². The number of aryl methyl sites for hydroxylation is 1. The van der Waals surface area contributed by atoms with Crippen LogP contribution in [0.1, 0.15) is 5.69 Å². The van der Waals surface area contributed by atoms with Crippen LogP contribution in [0.3, 0.4) is 0 Å². The van der Waals surface area contributed by atoms with E-state index in [0.29, 0.717) is 22.4 Å². The van der Waals surface area contributed by atoms with Crippen molar-refractivity contribution in [2.75, 3.05) is 5.73 Å². The minimum Gasteiger partial charge on any atom is -0.387 e. The molecule has 10 heteroatoms. The van der Waals surface area contributed by atoms with Crippen LogP contribution in [0, 0.1) is 11.6 Å². The number of hydrogen-bond donors (Lipinski definition) is 2. The first-order valence-electron chi connectivity index (χ1n) is 9.85. The number of pyridine rings is 2. The van der Waals surface area contributed by atoms with Gasteiger partial charge in [0.1, 0.15) is 17.5 Å². The Labute approximate surface area is 187 Å². The quantitative estimate of drug-likeness (QED) is 0.358. The van der Waals surface area contributed by atoms with Gasteiger partial charge in [0, 0.05) is 36.6 Å². The molecule has 0 saturated heterocycles. The molecule has 0 bridgehead atoms. The Balaban J connectivity index is 1.92. The summed E-state index contributed by atoms with van der Waals surface area (Å²) in [4.78, 5) is 28.9. The smallest absolute Gasteiger partial charge is 0.250 e. The minimum atomic E-state index is -0.511. The number of nitrogen functional groups attached to an aromatic ring is 1. The largest absolute Gasteiger partial charge is 0.387 e. The number of benzene rings is 1. The number of nitrogens with zero attached hydrogens (tertiary/aromatic N) is 5. The lowest BCUT2D eigenvalue weighted by Gasteiger charge is -2.14. The maximum Gasteiger partial charge on any atom is 0.250 e. The summed E-state index contributed by atoms with van der Waals surface area (Å²) in [5.41, 5.74) is 13.9. The topological polar surface area (TPSA) is 125 Å². The van der Waals surface area contributed by atoms with Gasteiger partial charge in [-0.2, -0.15) is 4.98 Å². The molecule has 0 aliphatic carbocycles. The van der Waals surface area contributed by atoms with Gasteiger partial charge in [-0.05, 0) is 42.5 Å². The zero-order chi connectivity index (χ0) is 23.5. The Morgan fingerprint density at radius 1 is 1.06 bits per heavy atom. The fraction of sp³-hybridized carbons (Fsp3) is 0.0870. The van der Waals surface area contributed by atoms with Gasteiger partial charge in [-0.15, -0.1) is 0 Å². The Bertz CT molecular complexity index is 1420. The van der Waals surface area contributed by atoms with E-state index in [1.807, 2.05) is 0 Å². The minimum absolute atomic E-state index is 0.0434. The van der Waals surface area contributed by atoms with E-state index in [4.69, 9.17) is 11.5 Å². The molecule has 4 N–H and O–H groups in total. The monoisotopic (exact) mass is 447 g/mol. The average Bonchev–Trinajstić information content (AvgIpc) is 2.77. The SMILES string of the molecule is Cn1cc(-c2c(N=C(N)Cc3ncccc3F)nc(N)nc2-c2ccc(F)cc2)ccc1=O. The van der Waals surface area contributed by atoms with E-state index in [9.17, 15) is 13.6 Å². The van der Waals surface area contributed by atoms with Crippen molar-refractivity contribution >= 4 is 17.6 Å². The third-order valence-corrected chi connectivity index (χ3v) is 4.83. The van der Waals surface area contributed by atoms with Crippen LogP contribution in [0.15, 0.2) is 70.7 Å². The molecule has 8 nitrogen and oxygen atoms in total. The summed E-state index contributed by atoms with van der Waals surface area (Å²) < 4.78 is 28.9. The number of anilines is 1. The maximum absolute atomic E-state index is 14.0. The van der Waals surface area contributed by atoms with Crippen molar-refractivity contribution in [3.8, 4) is 22.4 Å². The van der Waals surface area contributed by atoms with Crippen molar-refractivity contribution in [2.45, 2.75) is 6.42 Å². The third-order valence-electron chi connectivity index (χ3n) is 4.83. The highest BCUT2D eigenvalue weighted by molar-refractivity contribution is 5.92. The molecule has 3 aromatic heterocycles. The second-order valence-corrected chi connectivity index (χ2v) is 7.21. The van der Waals surface area contributed by atoms with Gasteiger partial charge < -0.3 is 16.0 Å². The first kappa shape index (κ1) is 21.8. The first-order valence-corrected chi connectivity index (χ1v) is 9.85. The van der Waals surface area contributed by atoms with Crippen molar-refractivity contribution in [3.63, 3.8) is 0 Å². The van der Waals surface area contributed by atoms with Crippen LogP contribution < -0.4 is 17.0 Å². The number of hydrogen-bond acceptors (Lipinski definition) is 6. The summed E-state index contributed by atoms with van der Waals surface area (Å²) in [7, 11) is 1.60. The number of aliphatic imine (C=N–C) groups is 1. The van der Waals surface area contributed by atoms with Crippen molar-refractivity contribution in [3.05, 3.63) is 88.6 Å². The Morgan fingerprint density at radius 3 is 2.48 bits per heavy atom. The fourth-order valence-corrected chi connectivity index (χ4v) is 3.27. The molecule has 0 aliphatic heterocycles. The number of nitrogens with two attached hydrogens (primary N) is 2. The van der Waals surface area contributed by atoms with E-state index in [2.05, 4.69) is 19.9 Å². The van der Waals surface area contributed by atoms with Crippen LogP contribution in [-0.4, -0.2) is 25.4 Å². The van der Waals surface area contributed by atoms with E-state index in [-0.39, 0.29) is 35.3 Å². The molecule has 166 valence electrons. The second-order valence-electron chi connectivity index (χ2n) is 7.21. The number of rotatable bonds is 5. The summed E-state index contributed by atoms with van der Waals surface area (Å²) in [5, 5.41) is 0. The second kappa shape index (κ2) is 8.95. The molecule has 3 heterocycles. The highest BCUT2D eigenvalue weighted by Gasteiger charge is 2.19. The lowest BCUT2D eigenvalue weighted by atomic mass is 10.0. The lowest BCUT2D eigenvalue weighted by molar-refractivity contribution is 0.606. The Morgan fingerprint density at radius 2 is 1.79 bits per heavy atom. The van der Waals surface area contributed by atoms with E-state index < -0.39 is 11.6 Å². The van der Waals surface area contributed by atoms with E-state index in [1.165, 1.54) is 41.1 Å². The molecule has 0 saturated carbocycles. The molecule has 0 spiro atoms. The van der Waals surface area contributed by atoms with Crippen LogP contribution in [0.2, 0.25) is 0 Å². The predicted molar refractivity (Wildman–Crippen MR) is 122 cm³/mol. The highest BCUT2D eigenvalue weighted by Crippen LogP contribution is 2.37. The molecule has 1 aromatic carbocycles. The molecular formula is C23H19F2N7O. The lowest BCUT2D eigenvalue weighted by Crippen LogP contribution is -2.17. The normalized spacial score (nSPS) is 11.5. The third kappa shape index (κ3) is 4.74. The zero-order valence-corrected chi connectivity index (χ0v) is 17.5. The van der Waals surface area contributed by atoms with Crippen molar-refractivity contribution in [1.29, 1.82) is 0 Å². The van der Waals surface area contributed by atoms with Gasteiger partial charge >= 0.3 is 0 Å². The molecule has 0 aliphatic rings. The molecule has 0 atom stereocenters. The summed E-state index contributed by atoms with van der Waals surface area (Å²) in [6.07, 6.45) is 2.99. The Kier molecular flexibility index (Phi) is 5.90. The van der Waals surface area contributed by atoms with Crippen molar-refractivity contribution in [1.82, 2.24) is 19.5 Å². The summed E-state index contributed by atoms with van der Waals surface area (Å²) >= 11 is 0. The van der Waals surface area contributed by atoms with Crippen LogP contribution >= 0.6 is 0 Å². The number of halogens is 2. The number of aromatic nitrogens is 4. The van der Waals surface area contributed by atoms with E-state index >= 15 is 0 Å².